The fourth-order valence-electron chi connectivity index (χ4n) is 3.09. The van der Waals surface area contributed by atoms with Crippen LogP contribution in [0.15, 0.2) is 30.5 Å². The summed E-state index contributed by atoms with van der Waals surface area (Å²) in [4.78, 5) is 21.6. The molecular weight excluding hydrogens is 438 g/mol. The number of nitrogens with two attached hydrogens (primary N) is 1. The minimum Gasteiger partial charge on any atom is -0.343 e. The molecule has 0 atom stereocenters. The standard InChI is InChI=1S/C18H21FN6OS.2ClH/c1-18(2,20)15(26)23-7-9-24(10-8-23)17-22-25-11-14(21-16(25)27-17)12-3-5-13(19)6-4-12;;/h3-6,11H,7-10,20H2,1-2H3;2*1H. The molecule has 0 saturated carbocycles. The van der Waals surface area contributed by atoms with E-state index in [1.165, 1.54) is 23.5 Å². The van der Waals surface area contributed by atoms with Gasteiger partial charge in [0.05, 0.1) is 17.4 Å². The number of imidazole rings is 1. The van der Waals surface area contributed by atoms with Gasteiger partial charge in [-0.1, -0.05) is 11.3 Å². The number of piperazine rings is 1. The molecule has 0 unspecified atom stereocenters. The smallest absolute Gasteiger partial charge is 0.242 e. The zero-order valence-electron chi connectivity index (χ0n) is 16.0. The maximum Gasteiger partial charge on any atom is 0.242 e. The lowest BCUT2D eigenvalue weighted by Crippen LogP contribution is -2.57. The zero-order valence-corrected chi connectivity index (χ0v) is 18.5. The summed E-state index contributed by atoms with van der Waals surface area (Å²) in [5.74, 6) is -0.295. The average Bonchev–Trinajstić information content (AvgIpc) is 3.20. The molecule has 0 bridgehead atoms. The van der Waals surface area contributed by atoms with Gasteiger partial charge in [0.2, 0.25) is 16.0 Å². The van der Waals surface area contributed by atoms with Gasteiger partial charge in [0, 0.05) is 31.7 Å². The van der Waals surface area contributed by atoms with Gasteiger partial charge in [0.25, 0.3) is 0 Å². The van der Waals surface area contributed by atoms with E-state index in [-0.39, 0.29) is 36.5 Å². The monoisotopic (exact) mass is 460 g/mol. The number of hydrogen-bond acceptors (Lipinski definition) is 6. The second-order valence-electron chi connectivity index (χ2n) is 7.25. The third kappa shape index (κ3) is 4.80. The first-order valence-corrected chi connectivity index (χ1v) is 9.58. The molecule has 158 valence electrons. The van der Waals surface area contributed by atoms with Crippen LogP contribution in [0, 0.1) is 5.82 Å². The predicted octanol–water partition coefficient (Wildman–Crippen LogP) is 2.83. The van der Waals surface area contributed by atoms with Gasteiger partial charge in [-0.2, -0.15) is 0 Å². The topological polar surface area (TPSA) is 79.8 Å². The van der Waals surface area contributed by atoms with E-state index < -0.39 is 5.54 Å². The molecule has 1 aliphatic rings. The van der Waals surface area contributed by atoms with Gasteiger partial charge < -0.3 is 15.5 Å². The summed E-state index contributed by atoms with van der Waals surface area (Å²) in [7, 11) is 0. The summed E-state index contributed by atoms with van der Waals surface area (Å²) in [6.45, 7) is 6.14. The van der Waals surface area contributed by atoms with Crippen molar-refractivity contribution >= 4 is 52.2 Å². The Morgan fingerprint density at radius 2 is 1.76 bits per heavy atom. The number of nitrogens with zero attached hydrogens (tertiary/aromatic N) is 5. The molecule has 3 heterocycles. The van der Waals surface area contributed by atoms with Gasteiger partial charge in [-0.05, 0) is 38.1 Å². The summed E-state index contributed by atoms with van der Waals surface area (Å²) >= 11 is 1.50. The number of anilines is 1. The van der Waals surface area contributed by atoms with Gasteiger partial charge in [0.15, 0.2) is 0 Å². The van der Waals surface area contributed by atoms with Gasteiger partial charge in [-0.3, -0.25) is 4.79 Å². The predicted molar refractivity (Wildman–Crippen MR) is 118 cm³/mol. The molecule has 1 amide bonds. The number of fused-ring (bicyclic) bond motifs is 1. The summed E-state index contributed by atoms with van der Waals surface area (Å²) in [5.41, 5.74) is 6.69. The van der Waals surface area contributed by atoms with Crippen LogP contribution in [0.25, 0.3) is 16.2 Å². The molecule has 29 heavy (non-hydrogen) atoms. The van der Waals surface area contributed by atoms with Crippen molar-refractivity contribution in [2.24, 2.45) is 5.73 Å². The van der Waals surface area contributed by atoms with Crippen LogP contribution in [-0.4, -0.2) is 57.1 Å². The van der Waals surface area contributed by atoms with E-state index in [0.717, 1.165) is 21.3 Å². The molecule has 1 saturated heterocycles. The van der Waals surface area contributed by atoms with Crippen molar-refractivity contribution in [1.82, 2.24) is 19.5 Å². The Labute approximate surface area is 184 Å². The largest absolute Gasteiger partial charge is 0.343 e. The molecule has 2 N–H and O–H groups in total. The van der Waals surface area contributed by atoms with Crippen LogP contribution in [0.1, 0.15) is 13.8 Å². The third-order valence-electron chi connectivity index (χ3n) is 4.56. The van der Waals surface area contributed by atoms with E-state index in [1.807, 2.05) is 11.1 Å². The Morgan fingerprint density at radius 3 is 2.31 bits per heavy atom. The average molecular weight is 461 g/mol. The fourth-order valence-corrected chi connectivity index (χ4v) is 4.02. The van der Waals surface area contributed by atoms with E-state index >= 15 is 0 Å². The van der Waals surface area contributed by atoms with Crippen LogP contribution in [0.4, 0.5) is 9.52 Å². The lowest BCUT2D eigenvalue weighted by molar-refractivity contribution is -0.136. The SMILES string of the molecule is CC(C)(N)C(=O)N1CCN(c2nn3cc(-c4ccc(F)cc4)nc3s2)CC1.Cl.Cl. The second-order valence-corrected chi connectivity index (χ2v) is 8.18. The Balaban J connectivity index is 0.00000150. The molecule has 2 aromatic heterocycles. The van der Waals surface area contributed by atoms with Crippen molar-refractivity contribution in [2.45, 2.75) is 19.4 Å². The van der Waals surface area contributed by atoms with Crippen molar-refractivity contribution in [3.8, 4) is 11.3 Å². The zero-order chi connectivity index (χ0) is 19.2. The number of carbonyl (C=O) groups is 1. The number of hydrogen-bond donors (Lipinski definition) is 1. The Bertz CT molecular complexity index is 945. The van der Waals surface area contributed by atoms with Crippen LogP contribution >= 0.6 is 36.2 Å². The van der Waals surface area contributed by atoms with Gasteiger partial charge in [-0.15, -0.1) is 29.9 Å². The van der Waals surface area contributed by atoms with Crippen molar-refractivity contribution in [1.29, 1.82) is 0 Å². The van der Waals surface area contributed by atoms with Crippen LogP contribution in [0.2, 0.25) is 0 Å². The molecule has 4 rings (SSSR count). The highest BCUT2D eigenvalue weighted by molar-refractivity contribution is 7.20. The van der Waals surface area contributed by atoms with Crippen molar-refractivity contribution in [3.63, 3.8) is 0 Å². The summed E-state index contributed by atoms with van der Waals surface area (Å²) < 4.78 is 14.8. The van der Waals surface area contributed by atoms with Crippen LogP contribution in [0.3, 0.4) is 0 Å². The van der Waals surface area contributed by atoms with Crippen molar-refractivity contribution in [3.05, 3.63) is 36.3 Å². The minimum absolute atomic E-state index is 0. The molecule has 0 aliphatic carbocycles. The Morgan fingerprint density at radius 1 is 1.14 bits per heavy atom. The second kappa shape index (κ2) is 8.83. The normalized spacial score (nSPS) is 14.5. The van der Waals surface area contributed by atoms with Gasteiger partial charge in [0.1, 0.15) is 5.82 Å². The third-order valence-corrected chi connectivity index (χ3v) is 5.54. The molecule has 1 aromatic carbocycles. The molecule has 0 radical (unpaired) electrons. The number of rotatable bonds is 3. The lowest BCUT2D eigenvalue weighted by atomic mass is 10.1. The number of benzene rings is 1. The molecule has 11 heteroatoms. The molecule has 0 spiro atoms. The maximum absolute atomic E-state index is 13.1. The van der Waals surface area contributed by atoms with E-state index in [9.17, 15) is 9.18 Å². The summed E-state index contributed by atoms with van der Waals surface area (Å²) in [6.07, 6.45) is 1.85. The van der Waals surface area contributed by atoms with E-state index in [4.69, 9.17) is 5.73 Å². The summed E-state index contributed by atoms with van der Waals surface area (Å²) in [6, 6.07) is 6.26. The van der Waals surface area contributed by atoms with Crippen molar-refractivity contribution < 1.29 is 9.18 Å². The minimum atomic E-state index is -0.846. The van der Waals surface area contributed by atoms with E-state index in [2.05, 4.69) is 15.0 Å². The van der Waals surface area contributed by atoms with Crippen LogP contribution < -0.4 is 10.6 Å². The highest BCUT2D eigenvalue weighted by Crippen LogP contribution is 2.27. The number of halogens is 3. The number of aromatic nitrogens is 3. The van der Waals surface area contributed by atoms with E-state index in [1.54, 1.807) is 30.5 Å². The molecular formula is C18H23Cl2FN6OS. The Hall–Kier alpha value is -1.94. The molecule has 3 aromatic rings. The fraction of sp³-hybridized carbons (Fsp3) is 0.389. The highest BCUT2D eigenvalue weighted by atomic mass is 35.5. The quantitative estimate of drug-likeness (QED) is 0.649. The molecule has 1 aliphatic heterocycles. The van der Waals surface area contributed by atoms with Crippen molar-refractivity contribution in [2.75, 3.05) is 31.1 Å². The first-order chi connectivity index (χ1) is 12.8. The highest BCUT2D eigenvalue weighted by Gasteiger charge is 2.31. The van der Waals surface area contributed by atoms with Gasteiger partial charge >= 0.3 is 0 Å². The van der Waals surface area contributed by atoms with Gasteiger partial charge in [-0.25, -0.2) is 13.9 Å². The lowest BCUT2D eigenvalue weighted by Gasteiger charge is -2.37. The Kier molecular flexibility index (Phi) is 7.10. The molecule has 1 fully saturated rings. The molecule has 7 nitrogen and oxygen atoms in total. The summed E-state index contributed by atoms with van der Waals surface area (Å²) in [5, 5.41) is 5.49. The first-order valence-electron chi connectivity index (χ1n) is 8.76. The van der Waals surface area contributed by atoms with Crippen LogP contribution in [-0.2, 0) is 4.79 Å². The maximum atomic E-state index is 13.1. The number of carbonyl (C=O) groups excluding carboxylic acids is 1. The number of amides is 1. The first kappa shape index (κ1) is 23.3. The van der Waals surface area contributed by atoms with Crippen LogP contribution in [0.5, 0.6) is 0 Å². The van der Waals surface area contributed by atoms with E-state index in [0.29, 0.717) is 26.2 Å².